The molecule has 0 radical (unpaired) electrons. The lowest BCUT2D eigenvalue weighted by molar-refractivity contribution is 0.101. The molecule has 0 unspecified atom stereocenters. The highest BCUT2D eigenvalue weighted by atomic mass is 16.4. The summed E-state index contributed by atoms with van der Waals surface area (Å²) in [5.74, 6) is 1.32. The van der Waals surface area contributed by atoms with Gasteiger partial charge >= 0.3 is 0 Å². The van der Waals surface area contributed by atoms with Crippen LogP contribution in [0.2, 0.25) is 0 Å². The van der Waals surface area contributed by atoms with Crippen LogP contribution in [0.1, 0.15) is 41.7 Å². The molecular weight excluding hydrogens is 364 g/mol. The second-order valence-electron chi connectivity index (χ2n) is 7.61. The molecule has 6 nitrogen and oxygen atoms in total. The van der Waals surface area contributed by atoms with Gasteiger partial charge in [0.15, 0.2) is 5.78 Å². The summed E-state index contributed by atoms with van der Waals surface area (Å²) in [7, 11) is 0. The van der Waals surface area contributed by atoms with Crippen molar-refractivity contribution in [1.29, 1.82) is 0 Å². The highest BCUT2D eigenvalue weighted by Gasteiger charge is 2.26. The van der Waals surface area contributed by atoms with Gasteiger partial charge in [-0.2, -0.15) is 0 Å². The summed E-state index contributed by atoms with van der Waals surface area (Å²) in [5, 5.41) is 8.53. The molecule has 0 aliphatic carbocycles. The van der Waals surface area contributed by atoms with Gasteiger partial charge in [0.1, 0.15) is 0 Å². The fourth-order valence-corrected chi connectivity index (χ4v) is 3.65. The maximum absolute atomic E-state index is 11.5. The van der Waals surface area contributed by atoms with Crippen molar-refractivity contribution in [2.75, 3.05) is 31.1 Å². The van der Waals surface area contributed by atoms with E-state index < -0.39 is 0 Å². The number of nitrogens with zero attached hydrogens (tertiary/aromatic N) is 4. The van der Waals surface area contributed by atoms with Gasteiger partial charge < -0.3 is 9.32 Å². The van der Waals surface area contributed by atoms with E-state index in [1.807, 2.05) is 48.5 Å². The van der Waals surface area contributed by atoms with E-state index in [-0.39, 0.29) is 11.8 Å². The quantitative estimate of drug-likeness (QED) is 0.611. The minimum atomic E-state index is 0.0731. The molecular formula is C23H26N4O2. The summed E-state index contributed by atoms with van der Waals surface area (Å²) in [4.78, 5) is 16.2. The molecule has 0 bridgehead atoms. The number of anilines is 1. The van der Waals surface area contributed by atoms with Gasteiger partial charge in [-0.25, -0.2) is 0 Å². The average molecular weight is 390 g/mol. The summed E-state index contributed by atoms with van der Waals surface area (Å²) >= 11 is 0. The van der Waals surface area contributed by atoms with Crippen LogP contribution in [0.3, 0.4) is 0 Å². The van der Waals surface area contributed by atoms with E-state index in [0.717, 1.165) is 43.0 Å². The number of hydrogen-bond acceptors (Lipinski definition) is 6. The molecule has 2 aromatic carbocycles. The lowest BCUT2D eigenvalue weighted by Gasteiger charge is -2.38. The highest BCUT2D eigenvalue weighted by molar-refractivity contribution is 5.94. The Hall–Kier alpha value is -2.99. The molecule has 6 heteroatoms. The molecule has 2 heterocycles. The van der Waals surface area contributed by atoms with Crippen molar-refractivity contribution in [2.45, 2.75) is 26.8 Å². The zero-order chi connectivity index (χ0) is 20.4. The third-order valence-corrected chi connectivity index (χ3v) is 5.60. The van der Waals surface area contributed by atoms with Crippen LogP contribution in [0.25, 0.3) is 11.5 Å². The summed E-state index contributed by atoms with van der Waals surface area (Å²) < 4.78 is 5.96. The second kappa shape index (κ2) is 8.17. The van der Waals surface area contributed by atoms with Gasteiger partial charge in [-0.15, -0.1) is 10.2 Å². The molecule has 1 aliphatic heterocycles. The van der Waals surface area contributed by atoms with Crippen LogP contribution in [0.15, 0.2) is 52.9 Å². The molecule has 0 saturated carbocycles. The minimum Gasteiger partial charge on any atom is -0.419 e. The molecule has 29 heavy (non-hydrogen) atoms. The predicted molar refractivity (Wildman–Crippen MR) is 113 cm³/mol. The first kappa shape index (κ1) is 19.3. The van der Waals surface area contributed by atoms with Gasteiger partial charge in [-0.1, -0.05) is 17.7 Å². The molecule has 0 N–H and O–H groups in total. The molecule has 4 rings (SSSR count). The van der Waals surface area contributed by atoms with Crippen LogP contribution in [0.5, 0.6) is 0 Å². The maximum Gasteiger partial charge on any atom is 0.247 e. The summed E-state index contributed by atoms with van der Waals surface area (Å²) in [5.41, 5.74) is 4.06. The van der Waals surface area contributed by atoms with Crippen molar-refractivity contribution in [3.8, 4) is 11.5 Å². The highest BCUT2D eigenvalue weighted by Crippen LogP contribution is 2.26. The Balaban J connectivity index is 1.38. The van der Waals surface area contributed by atoms with Crippen molar-refractivity contribution in [2.24, 2.45) is 0 Å². The number of aryl methyl sites for hydroxylation is 1. The third kappa shape index (κ3) is 4.22. The molecule has 0 amide bonds. The predicted octanol–water partition coefficient (Wildman–Crippen LogP) is 4.13. The Labute approximate surface area is 171 Å². The molecule has 150 valence electrons. The monoisotopic (exact) mass is 390 g/mol. The van der Waals surface area contributed by atoms with Crippen LogP contribution in [-0.4, -0.2) is 47.1 Å². The van der Waals surface area contributed by atoms with Crippen LogP contribution in [0.4, 0.5) is 5.69 Å². The Morgan fingerprint density at radius 2 is 1.62 bits per heavy atom. The molecule has 1 atom stereocenters. The smallest absolute Gasteiger partial charge is 0.247 e. The SMILES string of the molecule is CC(=O)c1ccc(N2CCN([C@@H](C)c3nnc(-c4ccc(C)cc4)o3)CC2)cc1. The van der Waals surface area contributed by atoms with Crippen molar-refractivity contribution in [3.63, 3.8) is 0 Å². The zero-order valence-electron chi connectivity index (χ0n) is 17.1. The van der Waals surface area contributed by atoms with Crippen molar-refractivity contribution >= 4 is 11.5 Å². The number of ketones is 1. The Bertz CT molecular complexity index is 971. The maximum atomic E-state index is 11.5. The molecule has 1 fully saturated rings. The van der Waals surface area contributed by atoms with E-state index in [1.165, 1.54) is 5.56 Å². The van der Waals surface area contributed by atoms with E-state index in [2.05, 4.69) is 33.8 Å². The normalized spacial score (nSPS) is 16.0. The number of Topliss-reactive ketones (excluding diaryl/α,β-unsaturated/α-hetero) is 1. The van der Waals surface area contributed by atoms with Crippen molar-refractivity contribution in [1.82, 2.24) is 15.1 Å². The van der Waals surface area contributed by atoms with Crippen molar-refractivity contribution in [3.05, 3.63) is 65.5 Å². The van der Waals surface area contributed by atoms with Gasteiger partial charge in [-0.3, -0.25) is 9.69 Å². The largest absolute Gasteiger partial charge is 0.419 e. The zero-order valence-corrected chi connectivity index (χ0v) is 17.1. The summed E-state index contributed by atoms with van der Waals surface area (Å²) in [6.45, 7) is 9.43. The third-order valence-electron chi connectivity index (χ3n) is 5.60. The van der Waals surface area contributed by atoms with Gasteiger partial charge in [0.25, 0.3) is 0 Å². The van der Waals surface area contributed by atoms with Gasteiger partial charge in [0, 0.05) is 43.0 Å². The first-order valence-electron chi connectivity index (χ1n) is 10.0. The second-order valence-corrected chi connectivity index (χ2v) is 7.61. The van der Waals surface area contributed by atoms with E-state index in [4.69, 9.17) is 4.42 Å². The first-order chi connectivity index (χ1) is 14.0. The lowest BCUT2D eigenvalue weighted by atomic mass is 10.1. The van der Waals surface area contributed by atoms with E-state index >= 15 is 0 Å². The molecule has 1 saturated heterocycles. The average Bonchev–Trinajstić information content (AvgIpc) is 3.24. The Morgan fingerprint density at radius 1 is 0.966 bits per heavy atom. The summed E-state index contributed by atoms with van der Waals surface area (Å²) in [6.07, 6.45) is 0. The van der Waals surface area contributed by atoms with Gasteiger partial charge in [0.2, 0.25) is 11.8 Å². The topological polar surface area (TPSA) is 62.5 Å². The number of piperazine rings is 1. The van der Waals surface area contributed by atoms with E-state index in [9.17, 15) is 4.79 Å². The minimum absolute atomic E-state index is 0.0731. The summed E-state index contributed by atoms with van der Waals surface area (Å²) in [6, 6.07) is 16.0. The number of aromatic nitrogens is 2. The number of rotatable bonds is 5. The first-order valence-corrected chi connectivity index (χ1v) is 10.0. The van der Waals surface area contributed by atoms with Crippen molar-refractivity contribution < 1.29 is 9.21 Å². The molecule has 1 aromatic heterocycles. The lowest BCUT2D eigenvalue weighted by Crippen LogP contribution is -2.47. The fourth-order valence-electron chi connectivity index (χ4n) is 3.65. The number of benzene rings is 2. The Kier molecular flexibility index (Phi) is 5.45. The van der Waals surface area contributed by atoms with E-state index in [1.54, 1.807) is 6.92 Å². The van der Waals surface area contributed by atoms with Gasteiger partial charge in [-0.05, 0) is 57.2 Å². The molecule has 1 aliphatic rings. The fraction of sp³-hybridized carbons (Fsp3) is 0.348. The van der Waals surface area contributed by atoms with Crippen LogP contribution >= 0.6 is 0 Å². The molecule has 0 spiro atoms. The van der Waals surface area contributed by atoms with Gasteiger partial charge in [0.05, 0.1) is 6.04 Å². The number of carbonyl (C=O) groups is 1. The number of hydrogen-bond donors (Lipinski definition) is 0. The Morgan fingerprint density at radius 3 is 2.24 bits per heavy atom. The van der Waals surface area contributed by atoms with Crippen LogP contribution < -0.4 is 4.90 Å². The van der Waals surface area contributed by atoms with Crippen LogP contribution in [-0.2, 0) is 0 Å². The van der Waals surface area contributed by atoms with Crippen LogP contribution in [0, 0.1) is 6.92 Å². The number of carbonyl (C=O) groups excluding carboxylic acids is 1. The molecule has 3 aromatic rings. The van der Waals surface area contributed by atoms with E-state index in [0.29, 0.717) is 11.8 Å². The standard InChI is InChI=1S/C23H26N4O2/c1-16-4-6-20(7-5-16)23-25-24-22(29-23)17(2)26-12-14-27(15-13-26)21-10-8-19(9-11-21)18(3)28/h4-11,17H,12-15H2,1-3H3/t17-/m0/s1.